The summed E-state index contributed by atoms with van der Waals surface area (Å²) in [6.07, 6.45) is 0.212. The van der Waals surface area contributed by atoms with Gasteiger partial charge in [0.1, 0.15) is 11.6 Å². The second kappa shape index (κ2) is 6.43. The van der Waals surface area contributed by atoms with E-state index in [1.54, 1.807) is 22.8 Å². The molecule has 0 aliphatic carbocycles. The summed E-state index contributed by atoms with van der Waals surface area (Å²) in [6.45, 7) is 1.92. The van der Waals surface area contributed by atoms with Gasteiger partial charge in [-0.25, -0.2) is 4.39 Å². The molecule has 23 heavy (non-hydrogen) atoms. The smallest absolute Gasteiger partial charge is 0.199 e. The van der Waals surface area contributed by atoms with E-state index in [0.29, 0.717) is 26.2 Å². The van der Waals surface area contributed by atoms with E-state index >= 15 is 0 Å². The highest BCUT2D eigenvalue weighted by Crippen LogP contribution is 2.24. The summed E-state index contributed by atoms with van der Waals surface area (Å²) in [5.41, 5.74) is 2.11. The van der Waals surface area contributed by atoms with Crippen LogP contribution < -0.4 is 0 Å². The van der Waals surface area contributed by atoms with Gasteiger partial charge in [0.2, 0.25) is 0 Å². The monoisotopic (exact) mass is 367 g/mol. The molecule has 3 aromatic rings. The van der Waals surface area contributed by atoms with E-state index < -0.39 is 0 Å². The van der Waals surface area contributed by atoms with Crippen molar-refractivity contribution in [3.63, 3.8) is 0 Å². The van der Waals surface area contributed by atoms with Gasteiger partial charge in [0.15, 0.2) is 4.77 Å². The zero-order chi connectivity index (χ0) is 16.6. The molecule has 1 N–H and O–H groups in total. The Labute approximate surface area is 147 Å². The molecule has 0 unspecified atom stereocenters. The lowest BCUT2D eigenvalue weighted by atomic mass is 10.1. The van der Waals surface area contributed by atoms with Crippen LogP contribution in [0, 0.1) is 17.5 Å². The summed E-state index contributed by atoms with van der Waals surface area (Å²) in [5.74, 6) is 0.182. The number of nitrogens with zero attached hydrogens (tertiary/aromatic N) is 2. The van der Waals surface area contributed by atoms with Crippen LogP contribution in [0.2, 0.25) is 10.0 Å². The van der Waals surface area contributed by atoms with Crippen LogP contribution in [0.4, 0.5) is 4.39 Å². The van der Waals surface area contributed by atoms with Crippen molar-refractivity contribution in [1.82, 2.24) is 14.8 Å². The van der Waals surface area contributed by atoms with Crippen LogP contribution in [0.1, 0.15) is 17.0 Å². The molecule has 1 heterocycles. The average Bonchev–Trinajstić information content (AvgIpc) is 2.87. The van der Waals surface area contributed by atoms with Crippen molar-refractivity contribution in [2.24, 2.45) is 0 Å². The molecule has 0 atom stereocenters. The maximum atomic E-state index is 14.0. The van der Waals surface area contributed by atoms with Gasteiger partial charge in [-0.3, -0.25) is 9.67 Å². The van der Waals surface area contributed by atoms with Crippen molar-refractivity contribution in [2.45, 2.75) is 13.3 Å². The number of aryl methyl sites for hydroxylation is 1. The fourth-order valence-corrected chi connectivity index (χ4v) is 2.96. The van der Waals surface area contributed by atoms with Crippen molar-refractivity contribution in [2.75, 3.05) is 0 Å². The highest BCUT2D eigenvalue weighted by Gasteiger charge is 2.14. The van der Waals surface area contributed by atoms with E-state index in [9.17, 15) is 4.39 Å². The first kappa shape index (κ1) is 16.2. The van der Waals surface area contributed by atoms with Gasteiger partial charge in [0.25, 0.3) is 0 Å². The molecule has 7 heteroatoms. The van der Waals surface area contributed by atoms with E-state index in [1.807, 2.05) is 19.1 Å². The summed E-state index contributed by atoms with van der Waals surface area (Å²) < 4.78 is 16.2. The molecule has 0 saturated heterocycles. The molecule has 0 aliphatic heterocycles. The molecule has 1 aromatic heterocycles. The Bertz CT molecular complexity index is 913. The van der Waals surface area contributed by atoms with Crippen molar-refractivity contribution in [1.29, 1.82) is 0 Å². The Kier molecular flexibility index (Phi) is 4.53. The molecular weight excluding hydrogens is 356 g/mol. The molecule has 3 rings (SSSR count). The van der Waals surface area contributed by atoms with E-state index in [2.05, 4.69) is 10.2 Å². The first-order chi connectivity index (χ1) is 11.0. The molecule has 0 bridgehead atoms. The van der Waals surface area contributed by atoms with E-state index in [0.717, 1.165) is 11.3 Å². The molecule has 0 spiro atoms. The quantitative estimate of drug-likeness (QED) is 0.639. The number of benzene rings is 2. The minimum Gasteiger partial charge on any atom is -0.272 e. The standard InChI is InChI=1S/C16H12Cl2FN3S/c1-9-5-6-10(7-13(9)18)22-15(20-21-16(22)23)8-11-12(17)3-2-4-14(11)19/h2-7H,8H2,1H3,(H,21,23). The van der Waals surface area contributed by atoms with Gasteiger partial charge in [0.05, 0.1) is 5.69 Å². The third kappa shape index (κ3) is 3.17. The molecule has 0 amide bonds. The second-order valence-electron chi connectivity index (χ2n) is 5.09. The number of nitrogens with one attached hydrogen (secondary N) is 1. The Hall–Kier alpha value is -1.69. The van der Waals surface area contributed by atoms with Crippen LogP contribution in [-0.2, 0) is 6.42 Å². The maximum absolute atomic E-state index is 14.0. The predicted molar refractivity (Wildman–Crippen MR) is 92.7 cm³/mol. The molecule has 0 aliphatic rings. The van der Waals surface area contributed by atoms with E-state index in [4.69, 9.17) is 35.4 Å². The third-order valence-electron chi connectivity index (χ3n) is 3.55. The maximum Gasteiger partial charge on any atom is 0.199 e. The first-order valence-electron chi connectivity index (χ1n) is 6.83. The van der Waals surface area contributed by atoms with E-state index in [1.165, 1.54) is 6.07 Å². The second-order valence-corrected chi connectivity index (χ2v) is 6.29. The topological polar surface area (TPSA) is 33.6 Å². The normalized spacial score (nSPS) is 11.0. The number of aromatic amines is 1. The van der Waals surface area contributed by atoms with Crippen molar-refractivity contribution >= 4 is 35.4 Å². The highest BCUT2D eigenvalue weighted by atomic mass is 35.5. The van der Waals surface area contributed by atoms with Crippen molar-refractivity contribution in [3.05, 3.63) is 74.0 Å². The number of hydrogen-bond acceptors (Lipinski definition) is 2. The molecule has 2 aromatic carbocycles. The SMILES string of the molecule is Cc1ccc(-n2c(Cc3c(F)cccc3Cl)n[nH]c2=S)cc1Cl. The molecule has 0 radical (unpaired) electrons. The van der Waals surface area contributed by atoms with Gasteiger partial charge < -0.3 is 0 Å². The summed E-state index contributed by atoms with van der Waals surface area (Å²) in [7, 11) is 0. The van der Waals surface area contributed by atoms with Crippen LogP contribution in [-0.4, -0.2) is 14.8 Å². The largest absolute Gasteiger partial charge is 0.272 e. The zero-order valence-electron chi connectivity index (χ0n) is 12.1. The lowest BCUT2D eigenvalue weighted by Gasteiger charge is -2.10. The summed E-state index contributed by atoms with van der Waals surface area (Å²) in [6, 6.07) is 10.2. The Balaban J connectivity index is 2.09. The molecule has 3 nitrogen and oxygen atoms in total. The van der Waals surface area contributed by atoms with Gasteiger partial charge in [-0.15, -0.1) is 0 Å². The summed E-state index contributed by atoms with van der Waals surface area (Å²) in [4.78, 5) is 0. The highest BCUT2D eigenvalue weighted by molar-refractivity contribution is 7.71. The number of H-pyrrole nitrogens is 1. The van der Waals surface area contributed by atoms with Crippen LogP contribution in [0.5, 0.6) is 0 Å². The Morgan fingerprint density at radius 2 is 2.00 bits per heavy atom. The van der Waals surface area contributed by atoms with Crippen LogP contribution in [0.25, 0.3) is 5.69 Å². The average molecular weight is 368 g/mol. The summed E-state index contributed by atoms with van der Waals surface area (Å²) >= 11 is 17.6. The zero-order valence-corrected chi connectivity index (χ0v) is 14.4. The minimum absolute atomic E-state index is 0.212. The van der Waals surface area contributed by atoms with Crippen molar-refractivity contribution < 1.29 is 4.39 Å². The summed E-state index contributed by atoms with van der Waals surface area (Å²) in [5, 5.41) is 7.91. The Morgan fingerprint density at radius 3 is 2.70 bits per heavy atom. The molecule has 0 saturated carbocycles. The van der Waals surface area contributed by atoms with Gasteiger partial charge in [0, 0.05) is 22.0 Å². The minimum atomic E-state index is -0.375. The number of hydrogen-bond donors (Lipinski definition) is 1. The van der Waals surface area contributed by atoms with Crippen LogP contribution in [0.15, 0.2) is 36.4 Å². The molecular formula is C16H12Cl2FN3S. The predicted octanol–water partition coefficient (Wildman–Crippen LogP) is 5.28. The Morgan fingerprint density at radius 1 is 1.22 bits per heavy atom. The molecule has 118 valence electrons. The van der Waals surface area contributed by atoms with Gasteiger partial charge >= 0.3 is 0 Å². The van der Waals surface area contributed by atoms with Crippen molar-refractivity contribution in [3.8, 4) is 5.69 Å². The lowest BCUT2D eigenvalue weighted by molar-refractivity contribution is 0.611. The van der Waals surface area contributed by atoms with Gasteiger partial charge in [-0.1, -0.05) is 35.3 Å². The first-order valence-corrected chi connectivity index (χ1v) is 7.99. The third-order valence-corrected chi connectivity index (χ3v) is 4.59. The van der Waals surface area contributed by atoms with Gasteiger partial charge in [-0.2, -0.15) is 5.10 Å². The van der Waals surface area contributed by atoms with Crippen LogP contribution in [0.3, 0.4) is 0 Å². The van der Waals surface area contributed by atoms with Crippen LogP contribution >= 0.6 is 35.4 Å². The lowest BCUT2D eigenvalue weighted by Crippen LogP contribution is -2.04. The number of aromatic nitrogens is 3. The van der Waals surface area contributed by atoms with Gasteiger partial charge in [-0.05, 0) is 49.0 Å². The fourth-order valence-electron chi connectivity index (χ4n) is 2.29. The van der Waals surface area contributed by atoms with E-state index in [-0.39, 0.29) is 12.2 Å². The molecule has 0 fully saturated rings. The number of rotatable bonds is 3. The fraction of sp³-hybridized carbons (Fsp3) is 0.125. The number of halogens is 3.